The van der Waals surface area contributed by atoms with Crippen LogP contribution in [0, 0.1) is 5.92 Å². The van der Waals surface area contributed by atoms with Crippen LogP contribution in [0.3, 0.4) is 0 Å². The van der Waals surface area contributed by atoms with Gasteiger partial charge in [-0.15, -0.1) is 0 Å². The van der Waals surface area contributed by atoms with E-state index in [1.807, 2.05) is 13.8 Å². The molecule has 0 heterocycles. The second-order valence-corrected chi connectivity index (χ2v) is 4.26. The lowest BCUT2D eigenvalue weighted by atomic mass is 10.0. The van der Waals surface area contributed by atoms with E-state index in [1.165, 1.54) is 0 Å². The minimum Gasteiger partial charge on any atom is -0.480 e. The summed E-state index contributed by atoms with van der Waals surface area (Å²) in [5.74, 6) is -2.79. The highest BCUT2D eigenvalue weighted by molar-refractivity contribution is 6.02. The average Bonchev–Trinajstić information content (AvgIpc) is 2.26. The molecule has 0 bridgehead atoms. The number of nitrogens with one attached hydrogen (secondary N) is 1. The number of hydrogen-bond donors (Lipinski definition) is 3. The summed E-state index contributed by atoms with van der Waals surface area (Å²) in [5, 5.41) is 11.1. The number of nitrogens with two attached hydrogens (primary N) is 1. The average molecular weight is 260 g/mol. The third-order valence-corrected chi connectivity index (χ3v) is 2.14. The molecule has 104 valence electrons. The van der Waals surface area contributed by atoms with Gasteiger partial charge in [-0.1, -0.05) is 13.8 Å². The number of esters is 1. The highest BCUT2D eigenvalue weighted by Gasteiger charge is 2.28. The van der Waals surface area contributed by atoms with Gasteiger partial charge in [0.05, 0.1) is 6.61 Å². The quantitative estimate of drug-likeness (QED) is 0.419. The number of carboxylic acid groups (broad SMARTS) is 1. The molecule has 0 radical (unpaired) electrons. The Morgan fingerprint density at radius 3 is 2.28 bits per heavy atom. The monoisotopic (exact) mass is 260 g/mol. The number of ether oxygens (including phenoxy) is 1. The van der Waals surface area contributed by atoms with Gasteiger partial charge >= 0.3 is 11.9 Å². The van der Waals surface area contributed by atoms with Crippen molar-refractivity contribution >= 4 is 17.8 Å². The fraction of sp³-hybridized carbons (Fsp3) is 0.727. The van der Waals surface area contributed by atoms with Crippen molar-refractivity contribution in [2.75, 3.05) is 6.61 Å². The normalized spacial score (nSPS) is 13.8. The first-order chi connectivity index (χ1) is 8.29. The molecule has 0 spiro atoms. The summed E-state index contributed by atoms with van der Waals surface area (Å²) in [7, 11) is 0. The number of aliphatic carboxylic acids is 1. The minimum absolute atomic E-state index is 0.0882. The maximum atomic E-state index is 11.6. The van der Waals surface area contributed by atoms with Crippen molar-refractivity contribution in [3.05, 3.63) is 0 Å². The smallest absolute Gasteiger partial charge is 0.332 e. The number of carbonyl (C=O) groups excluding carboxylic acids is 2. The van der Waals surface area contributed by atoms with Crippen molar-refractivity contribution < 1.29 is 24.2 Å². The van der Waals surface area contributed by atoms with E-state index in [9.17, 15) is 14.4 Å². The van der Waals surface area contributed by atoms with Crippen LogP contribution in [0.1, 0.15) is 27.2 Å². The summed E-state index contributed by atoms with van der Waals surface area (Å²) in [6.45, 7) is 5.34. The molecule has 4 N–H and O–H groups in total. The van der Waals surface area contributed by atoms with Crippen LogP contribution < -0.4 is 11.1 Å². The maximum Gasteiger partial charge on any atom is 0.332 e. The van der Waals surface area contributed by atoms with Crippen molar-refractivity contribution in [2.45, 2.75) is 39.3 Å². The van der Waals surface area contributed by atoms with E-state index in [2.05, 4.69) is 10.1 Å². The van der Waals surface area contributed by atoms with Gasteiger partial charge in [-0.25, -0.2) is 9.59 Å². The van der Waals surface area contributed by atoms with Gasteiger partial charge in [0.2, 0.25) is 5.91 Å². The standard InChI is InChI=1S/C11H20N2O5/c1-4-18-11(17)8(12)9(14)13-7(10(15)16)5-6(2)3/h6-8H,4-5,12H2,1-3H3,(H,13,14)(H,15,16)/t7-,8?/m0/s1. The fourth-order valence-electron chi connectivity index (χ4n) is 1.29. The lowest BCUT2D eigenvalue weighted by Crippen LogP contribution is -2.52. The van der Waals surface area contributed by atoms with Crippen molar-refractivity contribution in [1.29, 1.82) is 0 Å². The first-order valence-corrected chi connectivity index (χ1v) is 5.75. The molecule has 0 aromatic heterocycles. The van der Waals surface area contributed by atoms with Gasteiger partial charge in [0.1, 0.15) is 6.04 Å². The van der Waals surface area contributed by atoms with Crippen molar-refractivity contribution in [3.8, 4) is 0 Å². The largest absolute Gasteiger partial charge is 0.480 e. The molecule has 18 heavy (non-hydrogen) atoms. The van der Waals surface area contributed by atoms with Gasteiger partial charge in [0.15, 0.2) is 6.04 Å². The SMILES string of the molecule is CCOC(=O)C(N)C(=O)N[C@@H](CC(C)C)C(=O)O. The molecule has 0 fully saturated rings. The van der Waals surface area contributed by atoms with Crippen molar-refractivity contribution in [2.24, 2.45) is 11.7 Å². The Morgan fingerprint density at radius 2 is 1.89 bits per heavy atom. The Morgan fingerprint density at radius 1 is 1.33 bits per heavy atom. The Kier molecular flexibility index (Phi) is 6.96. The van der Waals surface area contributed by atoms with Gasteiger partial charge in [0, 0.05) is 0 Å². The number of hydrogen-bond acceptors (Lipinski definition) is 5. The lowest BCUT2D eigenvalue weighted by molar-refractivity contribution is -0.150. The first kappa shape index (κ1) is 16.4. The third-order valence-electron chi connectivity index (χ3n) is 2.14. The van der Waals surface area contributed by atoms with E-state index in [0.717, 1.165) is 0 Å². The highest BCUT2D eigenvalue weighted by atomic mass is 16.5. The van der Waals surface area contributed by atoms with Crippen LogP contribution in [0.15, 0.2) is 0 Å². The zero-order valence-corrected chi connectivity index (χ0v) is 10.8. The van der Waals surface area contributed by atoms with Gasteiger partial charge in [-0.3, -0.25) is 4.79 Å². The van der Waals surface area contributed by atoms with Crippen LogP contribution in [0.2, 0.25) is 0 Å². The van der Waals surface area contributed by atoms with Crippen molar-refractivity contribution in [3.63, 3.8) is 0 Å². The van der Waals surface area contributed by atoms with E-state index in [4.69, 9.17) is 10.8 Å². The van der Waals surface area contributed by atoms with Crippen LogP contribution in [-0.4, -0.2) is 41.6 Å². The summed E-state index contributed by atoms with van der Waals surface area (Å²) in [4.78, 5) is 33.7. The van der Waals surface area contributed by atoms with Gasteiger partial charge in [-0.2, -0.15) is 0 Å². The van der Waals surface area contributed by atoms with Crippen molar-refractivity contribution in [1.82, 2.24) is 5.32 Å². The molecule has 1 amide bonds. The molecule has 2 atom stereocenters. The van der Waals surface area contributed by atoms with Crippen LogP contribution in [-0.2, 0) is 19.1 Å². The molecule has 7 heteroatoms. The molecule has 0 rings (SSSR count). The van der Waals surface area contributed by atoms with E-state index in [0.29, 0.717) is 0 Å². The Bertz CT molecular complexity index is 317. The Hall–Kier alpha value is -1.63. The summed E-state index contributed by atoms with van der Waals surface area (Å²) < 4.78 is 4.58. The van der Waals surface area contributed by atoms with E-state index >= 15 is 0 Å². The van der Waals surface area contributed by atoms with Gasteiger partial charge < -0.3 is 20.9 Å². The summed E-state index contributed by atoms with van der Waals surface area (Å²) in [6.07, 6.45) is 0.261. The van der Waals surface area contributed by atoms with Crippen LogP contribution in [0.4, 0.5) is 0 Å². The zero-order chi connectivity index (χ0) is 14.3. The van der Waals surface area contributed by atoms with Crippen LogP contribution >= 0.6 is 0 Å². The van der Waals surface area contributed by atoms with Crippen LogP contribution in [0.5, 0.6) is 0 Å². The predicted octanol–water partition coefficient (Wildman–Crippen LogP) is -0.508. The van der Waals surface area contributed by atoms with E-state index in [1.54, 1.807) is 6.92 Å². The fourth-order valence-corrected chi connectivity index (χ4v) is 1.29. The third kappa shape index (κ3) is 5.62. The minimum atomic E-state index is -1.50. The highest BCUT2D eigenvalue weighted by Crippen LogP contribution is 2.05. The molecular weight excluding hydrogens is 240 g/mol. The molecule has 0 aliphatic rings. The number of amides is 1. The number of rotatable bonds is 7. The molecule has 0 saturated carbocycles. The molecule has 1 unspecified atom stereocenters. The molecular formula is C11H20N2O5. The topological polar surface area (TPSA) is 119 Å². The Balaban J connectivity index is 4.50. The molecule has 0 saturated heterocycles. The number of carbonyl (C=O) groups is 3. The molecule has 0 aromatic carbocycles. The summed E-state index contributed by atoms with van der Waals surface area (Å²) in [5.41, 5.74) is 5.35. The van der Waals surface area contributed by atoms with Gasteiger partial charge in [-0.05, 0) is 19.3 Å². The van der Waals surface area contributed by atoms with E-state index < -0.39 is 29.9 Å². The molecule has 7 nitrogen and oxygen atoms in total. The predicted molar refractivity (Wildman–Crippen MR) is 63.6 cm³/mol. The Labute approximate surface area is 106 Å². The summed E-state index contributed by atoms with van der Waals surface area (Å²) >= 11 is 0. The zero-order valence-electron chi connectivity index (χ0n) is 10.8. The second kappa shape index (κ2) is 7.65. The molecule has 0 aromatic rings. The van der Waals surface area contributed by atoms with E-state index in [-0.39, 0.29) is 18.9 Å². The summed E-state index contributed by atoms with van der Waals surface area (Å²) in [6, 6.07) is -2.56. The second-order valence-electron chi connectivity index (χ2n) is 4.26. The molecule has 0 aliphatic heterocycles. The first-order valence-electron chi connectivity index (χ1n) is 5.75. The maximum absolute atomic E-state index is 11.6. The molecule has 0 aliphatic carbocycles. The lowest BCUT2D eigenvalue weighted by Gasteiger charge is -2.18. The van der Waals surface area contributed by atoms with Gasteiger partial charge in [0.25, 0.3) is 0 Å². The van der Waals surface area contributed by atoms with Crippen LogP contribution in [0.25, 0.3) is 0 Å². The number of carboxylic acids is 1.